The number of piperidine rings is 1. The van der Waals surface area contributed by atoms with Gasteiger partial charge in [0.15, 0.2) is 0 Å². The van der Waals surface area contributed by atoms with Gasteiger partial charge in [-0.25, -0.2) is 0 Å². The molecule has 1 saturated carbocycles. The van der Waals surface area contributed by atoms with Gasteiger partial charge < -0.3 is 15.4 Å². The number of amides is 1. The molecular formula is C19H29ClN2O2. The Morgan fingerprint density at radius 2 is 1.96 bits per heavy atom. The first kappa shape index (κ1) is 19.1. The van der Waals surface area contributed by atoms with Crippen LogP contribution in [0.1, 0.15) is 56.3 Å². The number of carbonyl (C=O) groups excluding carboxylic acids is 1. The molecule has 0 radical (unpaired) electrons. The van der Waals surface area contributed by atoms with Crippen LogP contribution in [0.2, 0.25) is 0 Å². The van der Waals surface area contributed by atoms with Crippen LogP contribution in [-0.4, -0.2) is 36.0 Å². The van der Waals surface area contributed by atoms with Gasteiger partial charge in [0, 0.05) is 24.7 Å². The van der Waals surface area contributed by atoms with E-state index in [1.165, 1.54) is 12.8 Å². The van der Waals surface area contributed by atoms with Gasteiger partial charge in [-0.2, -0.15) is 0 Å². The van der Waals surface area contributed by atoms with Gasteiger partial charge in [0.25, 0.3) is 5.91 Å². The van der Waals surface area contributed by atoms with Crippen LogP contribution in [0.25, 0.3) is 0 Å². The molecule has 1 aliphatic carbocycles. The second-order valence-corrected chi connectivity index (χ2v) is 7.66. The smallest absolute Gasteiger partial charge is 0.254 e. The Kier molecular flexibility index (Phi) is 6.16. The molecule has 4 nitrogen and oxygen atoms in total. The van der Waals surface area contributed by atoms with Crippen LogP contribution < -0.4 is 10.5 Å². The average Bonchev–Trinajstić information content (AvgIpc) is 3.02. The predicted molar refractivity (Wildman–Crippen MR) is 98.9 cm³/mol. The lowest BCUT2D eigenvalue weighted by Crippen LogP contribution is -2.53. The van der Waals surface area contributed by atoms with Crippen LogP contribution >= 0.6 is 12.4 Å². The van der Waals surface area contributed by atoms with Crippen molar-refractivity contribution in [1.29, 1.82) is 0 Å². The Morgan fingerprint density at radius 1 is 1.25 bits per heavy atom. The zero-order chi connectivity index (χ0) is 16.4. The summed E-state index contributed by atoms with van der Waals surface area (Å²) < 4.78 is 6.02. The molecule has 0 bridgehead atoms. The molecule has 24 heavy (non-hydrogen) atoms. The van der Waals surface area contributed by atoms with Gasteiger partial charge in [-0.3, -0.25) is 4.79 Å². The first-order valence-electron chi connectivity index (χ1n) is 8.77. The molecule has 5 heteroatoms. The van der Waals surface area contributed by atoms with Crippen LogP contribution in [0.5, 0.6) is 5.75 Å². The van der Waals surface area contributed by atoms with Crippen LogP contribution in [0.4, 0.5) is 0 Å². The van der Waals surface area contributed by atoms with E-state index in [4.69, 9.17) is 10.5 Å². The average molecular weight is 353 g/mol. The van der Waals surface area contributed by atoms with Crippen molar-refractivity contribution in [3.63, 3.8) is 0 Å². The van der Waals surface area contributed by atoms with Crippen LogP contribution in [0, 0.1) is 5.41 Å². The lowest BCUT2D eigenvalue weighted by atomic mass is 9.79. The molecule has 2 fully saturated rings. The maximum absolute atomic E-state index is 12.8. The molecule has 1 saturated heterocycles. The number of likely N-dealkylation sites (tertiary alicyclic amines) is 1. The highest BCUT2D eigenvalue weighted by molar-refractivity contribution is 5.94. The summed E-state index contributed by atoms with van der Waals surface area (Å²) >= 11 is 0. The van der Waals surface area contributed by atoms with Gasteiger partial charge in [-0.15, -0.1) is 12.4 Å². The molecule has 1 unspecified atom stereocenters. The third-order valence-electron chi connectivity index (χ3n) is 5.29. The van der Waals surface area contributed by atoms with Gasteiger partial charge in [-0.05, 0) is 55.7 Å². The van der Waals surface area contributed by atoms with Crippen molar-refractivity contribution in [1.82, 2.24) is 4.90 Å². The molecule has 1 atom stereocenters. The fourth-order valence-electron chi connectivity index (χ4n) is 3.63. The van der Waals surface area contributed by atoms with Crippen molar-refractivity contribution in [3.8, 4) is 5.75 Å². The largest absolute Gasteiger partial charge is 0.490 e. The SMILES string of the molecule is CC1(C)CN(C(=O)c2cccc(OC3CCCC3)c2)CCC1N.Cl. The quantitative estimate of drug-likeness (QED) is 0.903. The number of nitrogens with zero attached hydrogens (tertiary/aromatic N) is 1. The minimum absolute atomic E-state index is 0. The molecule has 134 valence electrons. The second kappa shape index (κ2) is 7.75. The molecule has 0 spiro atoms. The Morgan fingerprint density at radius 3 is 2.62 bits per heavy atom. The predicted octanol–water partition coefficient (Wildman–Crippen LogP) is 3.63. The van der Waals surface area contributed by atoms with Gasteiger partial charge in [-0.1, -0.05) is 19.9 Å². The van der Waals surface area contributed by atoms with E-state index < -0.39 is 0 Å². The fraction of sp³-hybridized carbons (Fsp3) is 0.632. The molecule has 2 N–H and O–H groups in total. The highest BCUT2D eigenvalue weighted by Crippen LogP contribution is 2.29. The third-order valence-corrected chi connectivity index (χ3v) is 5.29. The van der Waals surface area contributed by atoms with Crippen molar-refractivity contribution >= 4 is 18.3 Å². The Balaban J connectivity index is 0.00000208. The molecule has 1 aliphatic heterocycles. The molecule has 3 rings (SSSR count). The Hall–Kier alpha value is -1.26. The fourth-order valence-corrected chi connectivity index (χ4v) is 3.63. The van der Waals surface area contributed by atoms with E-state index in [1.54, 1.807) is 0 Å². The van der Waals surface area contributed by atoms with Gasteiger partial charge in [0.1, 0.15) is 5.75 Å². The normalized spacial score (nSPS) is 23.6. The summed E-state index contributed by atoms with van der Waals surface area (Å²) in [7, 11) is 0. The summed E-state index contributed by atoms with van der Waals surface area (Å²) in [6, 6.07) is 7.79. The summed E-state index contributed by atoms with van der Waals surface area (Å²) in [6.07, 6.45) is 5.90. The van der Waals surface area contributed by atoms with Crippen molar-refractivity contribution in [2.75, 3.05) is 13.1 Å². The van der Waals surface area contributed by atoms with Crippen molar-refractivity contribution < 1.29 is 9.53 Å². The summed E-state index contributed by atoms with van der Waals surface area (Å²) in [5, 5.41) is 0. The molecule has 1 heterocycles. The zero-order valence-corrected chi connectivity index (χ0v) is 15.5. The molecule has 0 aromatic heterocycles. The maximum atomic E-state index is 12.8. The van der Waals surface area contributed by atoms with E-state index in [0.717, 1.165) is 31.6 Å². The number of carbonyl (C=O) groups is 1. The Labute approximate surface area is 151 Å². The van der Waals surface area contributed by atoms with Gasteiger partial charge in [0.05, 0.1) is 6.10 Å². The minimum atomic E-state index is -0.0358. The molecular weight excluding hydrogens is 324 g/mol. The van der Waals surface area contributed by atoms with E-state index in [9.17, 15) is 4.79 Å². The van der Waals surface area contributed by atoms with E-state index >= 15 is 0 Å². The lowest BCUT2D eigenvalue weighted by Gasteiger charge is -2.42. The topological polar surface area (TPSA) is 55.6 Å². The number of ether oxygens (including phenoxy) is 1. The van der Waals surface area contributed by atoms with Crippen LogP contribution in [0.15, 0.2) is 24.3 Å². The summed E-state index contributed by atoms with van der Waals surface area (Å²) in [5.74, 6) is 0.901. The van der Waals surface area contributed by atoms with Crippen LogP contribution in [-0.2, 0) is 0 Å². The molecule has 1 amide bonds. The highest BCUT2D eigenvalue weighted by atomic mass is 35.5. The van der Waals surface area contributed by atoms with E-state index in [0.29, 0.717) is 18.2 Å². The first-order valence-corrected chi connectivity index (χ1v) is 8.77. The van der Waals surface area contributed by atoms with Crippen molar-refractivity contribution in [3.05, 3.63) is 29.8 Å². The number of halogens is 1. The Bertz CT molecular complexity index is 570. The van der Waals surface area contributed by atoms with Crippen LogP contribution in [0.3, 0.4) is 0 Å². The number of rotatable bonds is 3. The summed E-state index contributed by atoms with van der Waals surface area (Å²) in [6.45, 7) is 5.71. The molecule has 1 aromatic rings. The summed E-state index contributed by atoms with van der Waals surface area (Å²) in [4.78, 5) is 14.7. The second-order valence-electron chi connectivity index (χ2n) is 7.66. The number of hydrogen-bond donors (Lipinski definition) is 1. The standard InChI is InChI=1S/C19H28N2O2.ClH/c1-19(2)13-21(11-10-17(19)20)18(22)14-6-5-9-16(12-14)23-15-7-3-4-8-15;/h5-6,9,12,15,17H,3-4,7-8,10-11,13,20H2,1-2H3;1H. The van der Waals surface area contributed by atoms with E-state index in [1.807, 2.05) is 29.2 Å². The zero-order valence-electron chi connectivity index (χ0n) is 14.7. The molecule has 1 aromatic carbocycles. The number of benzene rings is 1. The van der Waals surface area contributed by atoms with Gasteiger partial charge in [0.2, 0.25) is 0 Å². The monoisotopic (exact) mass is 352 g/mol. The maximum Gasteiger partial charge on any atom is 0.254 e. The summed E-state index contributed by atoms with van der Waals surface area (Å²) in [5.41, 5.74) is 6.85. The van der Waals surface area contributed by atoms with Crippen molar-refractivity contribution in [2.45, 2.75) is 58.1 Å². The lowest BCUT2D eigenvalue weighted by molar-refractivity contribution is 0.0532. The van der Waals surface area contributed by atoms with Crippen molar-refractivity contribution in [2.24, 2.45) is 11.1 Å². The number of hydrogen-bond acceptors (Lipinski definition) is 3. The first-order chi connectivity index (χ1) is 11.0. The minimum Gasteiger partial charge on any atom is -0.490 e. The van der Waals surface area contributed by atoms with E-state index in [2.05, 4.69) is 13.8 Å². The van der Waals surface area contributed by atoms with Gasteiger partial charge >= 0.3 is 0 Å². The number of nitrogens with two attached hydrogens (primary N) is 1. The third kappa shape index (κ3) is 4.22. The van der Waals surface area contributed by atoms with E-state index in [-0.39, 0.29) is 29.8 Å². The molecule has 2 aliphatic rings. The highest BCUT2D eigenvalue weighted by Gasteiger charge is 2.35.